The van der Waals surface area contributed by atoms with Gasteiger partial charge in [0.25, 0.3) is 0 Å². The lowest BCUT2D eigenvalue weighted by Crippen LogP contribution is -2.40. The minimum Gasteiger partial charge on any atom is -0.342 e. The zero-order chi connectivity index (χ0) is 17.1. The van der Waals surface area contributed by atoms with Crippen LogP contribution in [0.25, 0.3) is 11.4 Å². The molecular formula is C16H20FN5OS. The highest BCUT2D eigenvalue weighted by Gasteiger charge is 2.22. The Kier molecular flexibility index (Phi) is 5.03. The highest BCUT2D eigenvalue weighted by Crippen LogP contribution is 2.23. The van der Waals surface area contributed by atoms with E-state index in [9.17, 15) is 9.18 Å². The van der Waals surface area contributed by atoms with Crippen LogP contribution in [0.2, 0.25) is 0 Å². The van der Waals surface area contributed by atoms with Gasteiger partial charge in [0.1, 0.15) is 5.82 Å². The zero-order valence-corrected chi connectivity index (χ0v) is 14.3. The molecule has 24 heavy (non-hydrogen) atoms. The molecule has 1 amide bonds. The molecule has 8 heteroatoms. The third-order valence-electron chi connectivity index (χ3n) is 4.10. The largest absolute Gasteiger partial charge is 0.342 e. The number of thioether (sulfide) groups is 1. The topological polar surface area (TPSA) is 77.0 Å². The lowest BCUT2D eigenvalue weighted by Gasteiger charge is -2.30. The minimum absolute atomic E-state index is 0.0953. The fraction of sp³-hybridized carbons (Fsp3) is 0.438. The molecule has 1 aromatic heterocycles. The number of likely N-dealkylation sites (tertiary alicyclic amines) is 1. The van der Waals surface area contributed by atoms with Crippen LogP contribution in [0.3, 0.4) is 0 Å². The molecule has 2 N–H and O–H groups in total. The molecule has 1 aliphatic rings. The second kappa shape index (κ2) is 7.21. The Labute approximate surface area is 144 Å². The first-order valence-electron chi connectivity index (χ1n) is 7.91. The third-order valence-corrected chi connectivity index (χ3v) is 5.03. The summed E-state index contributed by atoms with van der Waals surface area (Å²) in [5, 5.41) is 8.54. The van der Waals surface area contributed by atoms with Crippen LogP contribution in [0.1, 0.15) is 19.8 Å². The van der Waals surface area contributed by atoms with Gasteiger partial charge in [-0.2, -0.15) is 0 Å². The van der Waals surface area contributed by atoms with Crippen molar-refractivity contribution in [2.75, 3.05) is 24.7 Å². The highest BCUT2D eigenvalue weighted by atomic mass is 32.2. The standard InChI is InChI=1S/C16H20FN5OS/c1-11-3-2-8-21(9-11)14(23)10-24-16-20-19-15(22(16)18)12-4-6-13(17)7-5-12/h4-7,11H,2-3,8-10,18H2,1H3/t11-/m0/s1. The number of hydrogen-bond acceptors (Lipinski definition) is 5. The van der Waals surface area contributed by atoms with Crippen molar-refractivity contribution >= 4 is 17.7 Å². The predicted octanol–water partition coefficient (Wildman–Crippen LogP) is 2.15. The molecule has 2 aromatic rings. The van der Waals surface area contributed by atoms with E-state index in [2.05, 4.69) is 17.1 Å². The van der Waals surface area contributed by atoms with Gasteiger partial charge < -0.3 is 10.7 Å². The molecule has 1 fully saturated rings. The molecule has 2 heterocycles. The van der Waals surface area contributed by atoms with Crippen molar-refractivity contribution in [3.8, 4) is 11.4 Å². The molecule has 0 bridgehead atoms. The number of hydrogen-bond donors (Lipinski definition) is 1. The van der Waals surface area contributed by atoms with Gasteiger partial charge in [-0.15, -0.1) is 10.2 Å². The first-order valence-corrected chi connectivity index (χ1v) is 8.90. The van der Waals surface area contributed by atoms with Crippen molar-refractivity contribution in [1.82, 2.24) is 19.8 Å². The van der Waals surface area contributed by atoms with Crippen LogP contribution in [-0.4, -0.2) is 44.5 Å². The second-order valence-electron chi connectivity index (χ2n) is 6.06. The van der Waals surface area contributed by atoms with Gasteiger partial charge in [0, 0.05) is 18.7 Å². The van der Waals surface area contributed by atoms with E-state index in [1.807, 2.05) is 4.90 Å². The maximum absolute atomic E-state index is 13.0. The van der Waals surface area contributed by atoms with Crippen LogP contribution in [0.5, 0.6) is 0 Å². The lowest BCUT2D eigenvalue weighted by molar-refractivity contribution is -0.130. The highest BCUT2D eigenvalue weighted by molar-refractivity contribution is 7.99. The summed E-state index contributed by atoms with van der Waals surface area (Å²) in [6.45, 7) is 3.80. The number of halogens is 1. The van der Waals surface area contributed by atoms with Crippen molar-refractivity contribution in [3.05, 3.63) is 30.1 Å². The first kappa shape index (κ1) is 16.8. The number of benzene rings is 1. The van der Waals surface area contributed by atoms with Gasteiger partial charge in [-0.25, -0.2) is 9.07 Å². The smallest absolute Gasteiger partial charge is 0.233 e. The van der Waals surface area contributed by atoms with Crippen LogP contribution in [0.4, 0.5) is 4.39 Å². The van der Waals surface area contributed by atoms with E-state index in [0.717, 1.165) is 19.5 Å². The van der Waals surface area contributed by atoms with Crippen molar-refractivity contribution in [2.24, 2.45) is 5.92 Å². The van der Waals surface area contributed by atoms with E-state index in [1.54, 1.807) is 12.1 Å². The fourth-order valence-corrected chi connectivity index (χ4v) is 3.56. The summed E-state index contributed by atoms with van der Waals surface area (Å²) in [7, 11) is 0. The maximum Gasteiger partial charge on any atom is 0.233 e. The molecule has 3 rings (SSSR count). The van der Waals surface area contributed by atoms with E-state index in [1.165, 1.54) is 35.0 Å². The van der Waals surface area contributed by atoms with Crippen LogP contribution in [0.15, 0.2) is 29.4 Å². The van der Waals surface area contributed by atoms with Crippen molar-refractivity contribution in [3.63, 3.8) is 0 Å². The Morgan fingerprint density at radius 1 is 1.38 bits per heavy atom. The maximum atomic E-state index is 13.0. The minimum atomic E-state index is -0.321. The Morgan fingerprint density at radius 2 is 2.12 bits per heavy atom. The number of piperidine rings is 1. The van der Waals surface area contributed by atoms with E-state index in [0.29, 0.717) is 22.5 Å². The van der Waals surface area contributed by atoms with Crippen LogP contribution in [-0.2, 0) is 4.79 Å². The molecule has 0 aliphatic carbocycles. The molecule has 0 radical (unpaired) electrons. The molecular weight excluding hydrogens is 329 g/mol. The molecule has 0 saturated carbocycles. The Morgan fingerprint density at radius 3 is 2.83 bits per heavy atom. The summed E-state index contributed by atoms with van der Waals surface area (Å²) < 4.78 is 14.3. The zero-order valence-electron chi connectivity index (χ0n) is 13.5. The van der Waals surface area contributed by atoms with Gasteiger partial charge in [0.15, 0.2) is 5.82 Å². The quantitative estimate of drug-likeness (QED) is 0.676. The normalized spacial score (nSPS) is 17.9. The number of carbonyl (C=O) groups is 1. The first-order chi connectivity index (χ1) is 11.5. The van der Waals surface area contributed by atoms with Crippen molar-refractivity contribution in [1.29, 1.82) is 0 Å². The molecule has 1 saturated heterocycles. The number of rotatable bonds is 4. The monoisotopic (exact) mass is 349 g/mol. The van der Waals surface area contributed by atoms with Gasteiger partial charge in [0.05, 0.1) is 5.75 Å². The van der Waals surface area contributed by atoms with Gasteiger partial charge in [-0.1, -0.05) is 18.7 Å². The third kappa shape index (κ3) is 3.69. The Balaban J connectivity index is 1.64. The molecule has 6 nitrogen and oxygen atoms in total. The van der Waals surface area contributed by atoms with E-state index in [4.69, 9.17) is 5.84 Å². The van der Waals surface area contributed by atoms with Crippen molar-refractivity contribution < 1.29 is 9.18 Å². The Bertz CT molecular complexity index is 718. The lowest BCUT2D eigenvalue weighted by atomic mass is 10.0. The molecule has 1 aromatic carbocycles. The fourth-order valence-electron chi connectivity index (χ4n) is 2.80. The average molecular weight is 349 g/mol. The number of nitrogens with zero attached hydrogens (tertiary/aromatic N) is 4. The Hall–Kier alpha value is -2.09. The second-order valence-corrected chi connectivity index (χ2v) is 7.00. The van der Waals surface area contributed by atoms with Gasteiger partial charge >= 0.3 is 0 Å². The summed E-state index contributed by atoms with van der Waals surface area (Å²) in [5.74, 6) is 7.06. The van der Waals surface area contributed by atoms with Crippen LogP contribution >= 0.6 is 11.8 Å². The molecule has 1 atom stereocenters. The number of carbonyl (C=O) groups excluding carboxylic acids is 1. The van der Waals surface area contributed by atoms with E-state index >= 15 is 0 Å². The molecule has 0 spiro atoms. The van der Waals surface area contributed by atoms with E-state index < -0.39 is 0 Å². The summed E-state index contributed by atoms with van der Waals surface area (Å²) in [6.07, 6.45) is 2.23. The van der Waals surface area contributed by atoms with Gasteiger partial charge in [0.2, 0.25) is 11.1 Å². The van der Waals surface area contributed by atoms with Gasteiger partial charge in [-0.05, 0) is 43.0 Å². The summed E-state index contributed by atoms with van der Waals surface area (Å²) in [6, 6.07) is 5.88. The molecule has 1 aliphatic heterocycles. The van der Waals surface area contributed by atoms with Crippen molar-refractivity contribution in [2.45, 2.75) is 24.9 Å². The van der Waals surface area contributed by atoms with Crippen LogP contribution in [0, 0.1) is 11.7 Å². The predicted molar refractivity (Wildman–Crippen MR) is 91.3 cm³/mol. The SMILES string of the molecule is C[C@H]1CCCN(C(=O)CSc2nnc(-c3ccc(F)cc3)n2N)C1. The van der Waals surface area contributed by atoms with E-state index in [-0.39, 0.29) is 17.5 Å². The number of nitrogen functional groups attached to an aromatic ring is 1. The molecule has 0 unspecified atom stereocenters. The average Bonchev–Trinajstić information content (AvgIpc) is 2.94. The molecule has 128 valence electrons. The number of aromatic nitrogens is 3. The van der Waals surface area contributed by atoms with Gasteiger partial charge in [-0.3, -0.25) is 4.79 Å². The number of amides is 1. The number of nitrogens with two attached hydrogens (primary N) is 1. The summed E-state index contributed by atoms with van der Waals surface area (Å²) in [5.41, 5.74) is 0.675. The summed E-state index contributed by atoms with van der Waals surface area (Å²) in [4.78, 5) is 14.2. The summed E-state index contributed by atoms with van der Waals surface area (Å²) >= 11 is 1.27. The van der Waals surface area contributed by atoms with Crippen LogP contribution < -0.4 is 5.84 Å².